The molecule has 8 heteroatoms. The number of hydrogen-bond acceptors (Lipinski definition) is 3. The minimum absolute atomic E-state index is 0.147. The van der Waals surface area contributed by atoms with Crippen molar-refractivity contribution in [3.05, 3.63) is 35.4 Å². The van der Waals surface area contributed by atoms with Crippen molar-refractivity contribution in [2.24, 2.45) is 11.7 Å². The largest absolute Gasteiger partial charge is 0.480 e. The maximum atomic E-state index is 12.6. The van der Waals surface area contributed by atoms with Crippen molar-refractivity contribution in [2.75, 3.05) is 13.1 Å². The molecule has 3 N–H and O–H groups in total. The number of rotatable bonds is 8. The summed E-state index contributed by atoms with van der Waals surface area (Å²) < 4.78 is 37.9. The molecule has 4 nitrogen and oxygen atoms in total. The predicted octanol–water partition coefficient (Wildman–Crippen LogP) is 2.53. The second kappa shape index (κ2) is 8.44. The molecule has 0 saturated carbocycles. The number of carbonyl (C=O) groups is 1. The monoisotopic (exact) mass is 370 g/mol. The van der Waals surface area contributed by atoms with Crippen LogP contribution in [0.1, 0.15) is 36.8 Å². The smallest absolute Gasteiger partial charge is 0.416 e. The number of unbranched alkanes of at least 4 members (excludes halogenated alkanes) is 1. The van der Waals surface area contributed by atoms with Gasteiger partial charge >= 0.3 is 12.1 Å². The zero-order valence-electron chi connectivity index (χ0n) is 15.1. The van der Waals surface area contributed by atoms with Crippen LogP contribution in [-0.2, 0) is 17.5 Å². The molecule has 1 aliphatic heterocycles. The normalized spacial score (nSPS) is 20.8. The highest BCUT2D eigenvalue weighted by Crippen LogP contribution is 2.32. The Morgan fingerprint density at radius 3 is 2.46 bits per heavy atom. The Morgan fingerprint density at radius 1 is 1.27 bits per heavy atom. The van der Waals surface area contributed by atoms with Crippen molar-refractivity contribution in [2.45, 2.75) is 50.3 Å². The van der Waals surface area contributed by atoms with E-state index in [4.69, 9.17) is 5.73 Å². The van der Waals surface area contributed by atoms with Gasteiger partial charge in [-0.2, -0.15) is 13.2 Å². The molecule has 2 atom stereocenters. The number of alkyl halides is 3. The van der Waals surface area contributed by atoms with Crippen LogP contribution in [0.3, 0.4) is 0 Å². The van der Waals surface area contributed by atoms with E-state index in [1.165, 1.54) is 12.1 Å². The van der Waals surface area contributed by atoms with Gasteiger partial charge in [-0.1, -0.05) is 31.3 Å². The number of nitrogens with two attached hydrogens (primary N) is 1. The summed E-state index contributed by atoms with van der Waals surface area (Å²) in [5, 5.41) is 9.62. The average Bonchev–Trinajstić information content (AvgIpc) is 3.03. The first kappa shape index (κ1) is 20.8. The first-order chi connectivity index (χ1) is 12.2. The number of hydrogen-bond donors (Lipinski definition) is 2. The number of carboxylic acid groups (broad SMARTS) is 1. The van der Waals surface area contributed by atoms with Gasteiger partial charge in [0.25, 0.3) is 0 Å². The molecule has 1 fully saturated rings. The molecule has 0 aliphatic carbocycles. The summed E-state index contributed by atoms with van der Waals surface area (Å²) in [6.07, 6.45) is -0.454. The van der Waals surface area contributed by atoms with Crippen LogP contribution < -0.4 is 5.73 Å². The second-order valence-corrected chi connectivity index (χ2v) is 7.22. The summed E-state index contributed by atoms with van der Waals surface area (Å²) in [5.41, 5.74) is 5.14. The Bertz CT molecular complexity index is 609. The Hall–Kier alpha value is -1.54. The van der Waals surface area contributed by atoms with Gasteiger partial charge in [-0.25, -0.2) is 0 Å². The second-order valence-electron chi connectivity index (χ2n) is 7.22. The highest BCUT2D eigenvalue weighted by Gasteiger charge is 2.44. The standard InChI is InChI=1S/C18H26BF3N2O2/c19-9-2-1-8-17(23,16(25)26)15-7-10-24(12-15)11-13-3-5-14(6-4-13)18(20,21)22/h3-6,15H,1-2,7-12,19,23H2,(H,25,26). The molecule has 26 heavy (non-hydrogen) atoms. The van der Waals surface area contributed by atoms with Crippen molar-refractivity contribution < 1.29 is 23.1 Å². The number of benzene rings is 1. The number of halogens is 3. The molecule has 0 spiro atoms. The molecule has 2 unspecified atom stereocenters. The SMILES string of the molecule is BCCCCC(N)(C(=O)O)C1CCN(Cc2ccc(C(F)(F)F)cc2)C1. The van der Waals surface area contributed by atoms with E-state index in [9.17, 15) is 23.1 Å². The fraction of sp³-hybridized carbons (Fsp3) is 0.611. The molecular formula is C18H26BF3N2O2. The summed E-state index contributed by atoms with van der Waals surface area (Å²) in [7, 11) is 2.06. The average molecular weight is 370 g/mol. The van der Waals surface area contributed by atoms with Gasteiger partial charge in [-0.05, 0) is 37.1 Å². The first-order valence-corrected chi connectivity index (χ1v) is 9.07. The summed E-state index contributed by atoms with van der Waals surface area (Å²) in [6.45, 7) is 1.75. The molecule has 1 saturated heterocycles. The topological polar surface area (TPSA) is 66.6 Å². The van der Waals surface area contributed by atoms with Crippen molar-refractivity contribution in [3.63, 3.8) is 0 Å². The summed E-state index contributed by atoms with van der Waals surface area (Å²) in [5.74, 6) is -1.11. The van der Waals surface area contributed by atoms with E-state index < -0.39 is 23.2 Å². The van der Waals surface area contributed by atoms with Gasteiger partial charge in [0.15, 0.2) is 0 Å². The van der Waals surface area contributed by atoms with Gasteiger partial charge in [0.1, 0.15) is 13.4 Å². The Balaban J connectivity index is 1.97. The van der Waals surface area contributed by atoms with Crippen LogP contribution in [0.2, 0.25) is 6.32 Å². The Kier molecular flexibility index (Phi) is 6.74. The van der Waals surface area contributed by atoms with Crippen molar-refractivity contribution in [3.8, 4) is 0 Å². The lowest BCUT2D eigenvalue weighted by molar-refractivity contribution is -0.146. The maximum Gasteiger partial charge on any atom is 0.416 e. The van der Waals surface area contributed by atoms with E-state index in [-0.39, 0.29) is 5.92 Å². The lowest BCUT2D eigenvalue weighted by Gasteiger charge is -2.31. The molecule has 0 radical (unpaired) electrons. The fourth-order valence-corrected chi connectivity index (χ4v) is 3.61. The molecule has 1 aromatic rings. The Labute approximate surface area is 153 Å². The number of likely N-dealkylation sites (tertiary alicyclic amines) is 1. The van der Waals surface area contributed by atoms with Gasteiger partial charge in [0.05, 0.1) is 5.56 Å². The quantitative estimate of drug-likeness (QED) is 0.545. The van der Waals surface area contributed by atoms with Gasteiger partial charge in [0.2, 0.25) is 0 Å². The first-order valence-electron chi connectivity index (χ1n) is 9.07. The van der Waals surface area contributed by atoms with Crippen LogP contribution in [0, 0.1) is 5.92 Å². The molecule has 144 valence electrons. The summed E-state index contributed by atoms with van der Waals surface area (Å²) in [4.78, 5) is 13.8. The van der Waals surface area contributed by atoms with E-state index in [0.29, 0.717) is 32.5 Å². The van der Waals surface area contributed by atoms with Gasteiger partial charge < -0.3 is 10.8 Å². The van der Waals surface area contributed by atoms with Crippen LogP contribution >= 0.6 is 0 Å². The maximum absolute atomic E-state index is 12.6. The highest BCUT2D eigenvalue weighted by atomic mass is 19.4. The molecule has 0 aromatic heterocycles. The number of carboxylic acids is 1. The van der Waals surface area contributed by atoms with E-state index in [0.717, 1.165) is 36.9 Å². The molecule has 1 aromatic carbocycles. The van der Waals surface area contributed by atoms with E-state index >= 15 is 0 Å². The predicted molar refractivity (Wildman–Crippen MR) is 96.6 cm³/mol. The fourth-order valence-electron chi connectivity index (χ4n) is 3.61. The molecular weight excluding hydrogens is 344 g/mol. The minimum Gasteiger partial charge on any atom is -0.480 e. The molecule has 0 amide bonds. The van der Waals surface area contributed by atoms with E-state index in [2.05, 4.69) is 12.7 Å². The third-order valence-electron chi connectivity index (χ3n) is 5.28. The van der Waals surface area contributed by atoms with E-state index in [1.807, 2.05) is 0 Å². The van der Waals surface area contributed by atoms with Crippen molar-refractivity contribution in [1.29, 1.82) is 0 Å². The Morgan fingerprint density at radius 2 is 1.92 bits per heavy atom. The van der Waals surface area contributed by atoms with Gasteiger partial charge in [0, 0.05) is 19.0 Å². The van der Waals surface area contributed by atoms with Crippen LogP contribution in [0.25, 0.3) is 0 Å². The molecule has 1 aliphatic rings. The summed E-state index contributed by atoms with van der Waals surface area (Å²) >= 11 is 0. The third-order valence-corrected chi connectivity index (χ3v) is 5.28. The van der Waals surface area contributed by atoms with Gasteiger partial charge in [-0.3, -0.25) is 9.69 Å². The lowest BCUT2D eigenvalue weighted by Crippen LogP contribution is -2.55. The van der Waals surface area contributed by atoms with E-state index in [1.54, 1.807) is 0 Å². The van der Waals surface area contributed by atoms with Crippen LogP contribution in [0.5, 0.6) is 0 Å². The zero-order chi connectivity index (χ0) is 19.4. The van der Waals surface area contributed by atoms with Crippen molar-refractivity contribution >= 4 is 13.8 Å². The van der Waals surface area contributed by atoms with Crippen LogP contribution in [0.4, 0.5) is 13.2 Å². The van der Waals surface area contributed by atoms with Gasteiger partial charge in [-0.15, -0.1) is 0 Å². The zero-order valence-corrected chi connectivity index (χ0v) is 15.1. The third kappa shape index (κ3) is 5.01. The highest BCUT2D eigenvalue weighted by molar-refractivity contribution is 6.08. The summed E-state index contributed by atoms with van der Waals surface area (Å²) in [6, 6.07) is 5.12. The minimum atomic E-state index is -4.34. The number of nitrogens with zero attached hydrogens (tertiary/aromatic N) is 1. The number of aliphatic carboxylic acids is 1. The van der Waals surface area contributed by atoms with Crippen LogP contribution in [-0.4, -0.2) is 42.5 Å². The van der Waals surface area contributed by atoms with Crippen molar-refractivity contribution in [1.82, 2.24) is 4.90 Å². The lowest BCUT2D eigenvalue weighted by atomic mass is 9.79. The molecule has 2 rings (SSSR count). The molecule has 1 heterocycles. The molecule has 0 bridgehead atoms. The van der Waals surface area contributed by atoms with Crippen LogP contribution in [0.15, 0.2) is 24.3 Å².